The minimum absolute atomic E-state index is 0.00468. The van der Waals surface area contributed by atoms with Crippen molar-refractivity contribution in [1.29, 1.82) is 0 Å². The van der Waals surface area contributed by atoms with Gasteiger partial charge in [-0.25, -0.2) is 4.68 Å². The molecule has 0 aliphatic carbocycles. The number of para-hydroxylation sites is 1. The van der Waals surface area contributed by atoms with Crippen molar-refractivity contribution in [3.05, 3.63) is 64.6 Å². The second kappa shape index (κ2) is 4.45. The van der Waals surface area contributed by atoms with Crippen LogP contribution in [0.5, 0.6) is 0 Å². The second-order valence-corrected chi connectivity index (χ2v) is 4.29. The Morgan fingerprint density at radius 1 is 1.29 bits per heavy atom. The third-order valence-corrected chi connectivity index (χ3v) is 2.61. The SMILES string of the molecule is C=C(C)Cn1c(C)cc(=O)n1-c1ccccc1. The van der Waals surface area contributed by atoms with Crippen molar-refractivity contribution >= 4 is 0 Å². The monoisotopic (exact) mass is 228 g/mol. The number of aromatic nitrogens is 2. The molecule has 0 N–H and O–H groups in total. The predicted molar refractivity (Wildman–Crippen MR) is 69.6 cm³/mol. The molecule has 88 valence electrons. The Hall–Kier alpha value is -2.03. The minimum Gasteiger partial charge on any atom is -0.278 e. The number of hydrogen-bond donors (Lipinski definition) is 0. The molecule has 1 heterocycles. The molecule has 0 radical (unpaired) electrons. The van der Waals surface area contributed by atoms with Crippen molar-refractivity contribution in [2.24, 2.45) is 0 Å². The normalized spacial score (nSPS) is 10.5. The van der Waals surface area contributed by atoms with Crippen LogP contribution in [0.1, 0.15) is 12.6 Å². The van der Waals surface area contributed by atoms with E-state index in [1.165, 1.54) is 0 Å². The van der Waals surface area contributed by atoms with Crippen LogP contribution in [0.25, 0.3) is 5.69 Å². The highest BCUT2D eigenvalue weighted by Crippen LogP contribution is 2.08. The van der Waals surface area contributed by atoms with E-state index in [1.54, 1.807) is 10.7 Å². The quantitative estimate of drug-likeness (QED) is 0.741. The molecule has 0 fully saturated rings. The summed E-state index contributed by atoms with van der Waals surface area (Å²) in [5.41, 5.74) is 2.84. The average molecular weight is 228 g/mol. The van der Waals surface area contributed by atoms with Crippen molar-refractivity contribution in [1.82, 2.24) is 9.36 Å². The summed E-state index contributed by atoms with van der Waals surface area (Å²) < 4.78 is 3.63. The number of aryl methyl sites for hydroxylation is 1. The fourth-order valence-corrected chi connectivity index (χ4v) is 1.88. The van der Waals surface area contributed by atoms with Gasteiger partial charge in [-0.1, -0.05) is 30.4 Å². The van der Waals surface area contributed by atoms with Crippen molar-refractivity contribution in [3.63, 3.8) is 0 Å². The Balaban J connectivity index is 2.61. The molecule has 0 amide bonds. The molecule has 0 atom stereocenters. The first-order valence-corrected chi connectivity index (χ1v) is 5.59. The summed E-state index contributed by atoms with van der Waals surface area (Å²) in [4.78, 5) is 12.0. The molecule has 0 spiro atoms. The lowest BCUT2D eigenvalue weighted by Gasteiger charge is -2.13. The highest BCUT2D eigenvalue weighted by Gasteiger charge is 2.09. The van der Waals surface area contributed by atoms with Gasteiger partial charge in [-0.2, -0.15) is 0 Å². The fourth-order valence-electron chi connectivity index (χ4n) is 1.88. The van der Waals surface area contributed by atoms with E-state index >= 15 is 0 Å². The molecule has 3 heteroatoms. The molecule has 2 aromatic rings. The Labute approximate surface area is 101 Å². The molecular formula is C14H16N2O. The maximum absolute atomic E-state index is 12.0. The van der Waals surface area contributed by atoms with Crippen LogP contribution in [-0.4, -0.2) is 9.36 Å². The van der Waals surface area contributed by atoms with E-state index in [1.807, 2.05) is 48.9 Å². The van der Waals surface area contributed by atoms with Gasteiger partial charge in [0.15, 0.2) is 0 Å². The van der Waals surface area contributed by atoms with Gasteiger partial charge < -0.3 is 0 Å². The van der Waals surface area contributed by atoms with Gasteiger partial charge >= 0.3 is 0 Å². The van der Waals surface area contributed by atoms with Crippen LogP contribution in [0.3, 0.4) is 0 Å². The summed E-state index contributed by atoms with van der Waals surface area (Å²) in [5, 5.41) is 0. The van der Waals surface area contributed by atoms with Gasteiger partial charge in [0, 0.05) is 11.8 Å². The van der Waals surface area contributed by atoms with Crippen LogP contribution in [0, 0.1) is 6.92 Å². The van der Waals surface area contributed by atoms with Crippen LogP contribution in [0.4, 0.5) is 0 Å². The summed E-state index contributed by atoms with van der Waals surface area (Å²) in [5.74, 6) is 0. The van der Waals surface area contributed by atoms with E-state index < -0.39 is 0 Å². The lowest BCUT2D eigenvalue weighted by molar-refractivity contribution is 0.573. The fraction of sp³-hybridized carbons (Fsp3) is 0.214. The summed E-state index contributed by atoms with van der Waals surface area (Å²) in [6, 6.07) is 11.3. The molecule has 0 aliphatic rings. The number of rotatable bonds is 3. The second-order valence-electron chi connectivity index (χ2n) is 4.29. The highest BCUT2D eigenvalue weighted by molar-refractivity contribution is 5.31. The van der Waals surface area contributed by atoms with Crippen LogP contribution in [-0.2, 0) is 6.54 Å². The minimum atomic E-state index is -0.00468. The first-order valence-electron chi connectivity index (χ1n) is 5.59. The van der Waals surface area contributed by atoms with Crippen molar-refractivity contribution in [2.75, 3.05) is 0 Å². The lowest BCUT2D eigenvalue weighted by Crippen LogP contribution is -2.21. The molecule has 1 aromatic heterocycles. The molecule has 2 rings (SSSR count). The topological polar surface area (TPSA) is 26.9 Å². The molecule has 0 saturated carbocycles. The summed E-state index contributed by atoms with van der Waals surface area (Å²) in [6.07, 6.45) is 0. The van der Waals surface area contributed by atoms with E-state index in [9.17, 15) is 4.79 Å². The molecule has 0 aliphatic heterocycles. The number of benzene rings is 1. The number of nitrogens with zero attached hydrogens (tertiary/aromatic N) is 2. The van der Waals surface area contributed by atoms with Crippen molar-refractivity contribution in [2.45, 2.75) is 20.4 Å². The molecule has 0 bridgehead atoms. The molecule has 0 saturated heterocycles. The lowest BCUT2D eigenvalue weighted by atomic mass is 10.3. The van der Waals surface area contributed by atoms with E-state index in [4.69, 9.17) is 0 Å². The predicted octanol–water partition coefficient (Wildman–Crippen LogP) is 2.52. The van der Waals surface area contributed by atoms with Gasteiger partial charge in [0.1, 0.15) is 0 Å². The number of allylic oxidation sites excluding steroid dienone is 1. The van der Waals surface area contributed by atoms with Crippen LogP contribution < -0.4 is 5.56 Å². The van der Waals surface area contributed by atoms with Gasteiger partial charge in [0.25, 0.3) is 5.56 Å². The van der Waals surface area contributed by atoms with Gasteiger partial charge in [-0.3, -0.25) is 9.48 Å². The van der Waals surface area contributed by atoms with Gasteiger partial charge in [-0.05, 0) is 26.0 Å². The molecular weight excluding hydrogens is 212 g/mol. The summed E-state index contributed by atoms with van der Waals surface area (Å²) in [7, 11) is 0. The third kappa shape index (κ3) is 2.23. The standard InChI is InChI=1S/C14H16N2O/c1-11(2)10-15-12(3)9-14(17)16(15)13-7-5-4-6-8-13/h4-9H,1,10H2,2-3H3. The first-order chi connectivity index (χ1) is 8.09. The number of hydrogen-bond acceptors (Lipinski definition) is 1. The van der Waals surface area contributed by atoms with Crippen molar-refractivity contribution in [3.8, 4) is 5.69 Å². The molecule has 17 heavy (non-hydrogen) atoms. The maximum Gasteiger partial charge on any atom is 0.271 e. The Morgan fingerprint density at radius 2 is 1.94 bits per heavy atom. The molecule has 1 aromatic carbocycles. The summed E-state index contributed by atoms with van der Waals surface area (Å²) >= 11 is 0. The Morgan fingerprint density at radius 3 is 2.53 bits per heavy atom. The molecule has 3 nitrogen and oxygen atoms in total. The maximum atomic E-state index is 12.0. The van der Waals surface area contributed by atoms with Crippen molar-refractivity contribution < 1.29 is 0 Å². The smallest absolute Gasteiger partial charge is 0.271 e. The first kappa shape index (κ1) is 11.5. The van der Waals surface area contributed by atoms with Crippen LogP contribution in [0.2, 0.25) is 0 Å². The van der Waals surface area contributed by atoms with Crippen LogP contribution in [0.15, 0.2) is 53.3 Å². The zero-order valence-electron chi connectivity index (χ0n) is 10.2. The Bertz CT molecular complexity index is 590. The van der Waals surface area contributed by atoms with Gasteiger partial charge in [0.05, 0.1) is 12.2 Å². The zero-order chi connectivity index (χ0) is 12.4. The largest absolute Gasteiger partial charge is 0.278 e. The average Bonchev–Trinajstić information content (AvgIpc) is 2.54. The van der Waals surface area contributed by atoms with E-state index in [0.29, 0.717) is 6.54 Å². The summed E-state index contributed by atoms with van der Waals surface area (Å²) in [6.45, 7) is 8.45. The Kier molecular flexibility index (Phi) is 3.00. The van der Waals surface area contributed by atoms with E-state index in [0.717, 1.165) is 17.0 Å². The van der Waals surface area contributed by atoms with E-state index in [-0.39, 0.29) is 5.56 Å². The van der Waals surface area contributed by atoms with Gasteiger partial charge in [0.2, 0.25) is 0 Å². The van der Waals surface area contributed by atoms with Gasteiger partial charge in [-0.15, -0.1) is 0 Å². The molecule has 0 unspecified atom stereocenters. The van der Waals surface area contributed by atoms with E-state index in [2.05, 4.69) is 6.58 Å². The highest BCUT2D eigenvalue weighted by atomic mass is 16.1. The third-order valence-electron chi connectivity index (χ3n) is 2.61. The van der Waals surface area contributed by atoms with Crippen LogP contribution >= 0.6 is 0 Å². The zero-order valence-corrected chi connectivity index (χ0v) is 10.2.